The van der Waals surface area contributed by atoms with Crippen molar-refractivity contribution in [2.75, 3.05) is 13.2 Å². The molecule has 0 heterocycles. The lowest BCUT2D eigenvalue weighted by Gasteiger charge is -2.17. The molecule has 0 unspecified atom stereocenters. The third-order valence-electron chi connectivity index (χ3n) is 2.28. The average Bonchev–Trinajstić information content (AvgIpc) is 2.22. The molecule has 5 heteroatoms. The maximum atomic E-state index is 12.3. The molecule has 0 spiro atoms. The van der Waals surface area contributed by atoms with Crippen molar-refractivity contribution in [2.24, 2.45) is 0 Å². The molecule has 0 aromatic heterocycles. The summed E-state index contributed by atoms with van der Waals surface area (Å²) in [4.78, 5) is 0. The molecule has 0 N–H and O–H groups in total. The highest BCUT2D eigenvalue weighted by molar-refractivity contribution is 7.53. The summed E-state index contributed by atoms with van der Waals surface area (Å²) in [5.74, 6) is 0. The fourth-order valence-corrected chi connectivity index (χ4v) is 3.33. The maximum absolute atomic E-state index is 12.3. The van der Waals surface area contributed by atoms with Gasteiger partial charge in [0.05, 0.1) is 19.4 Å². The van der Waals surface area contributed by atoms with E-state index in [0.29, 0.717) is 19.4 Å². The van der Waals surface area contributed by atoms with E-state index in [1.165, 1.54) is 0 Å². The quantitative estimate of drug-likeness (QED) is 0.560. The van der Waals surface area contributed by atoms with Crippen LogP contribution in [0.25, 0.3) is 0 Å². The predicted octanol–water partition coefficient (Wildman–Crippen LogP) is 1.71. The monoisotopic (exact) mass is 240 g/mol. The maximum Gasteiger partial charge on any atom is 0.334 e. The van der Waals surface area contributed by atoms with Gasteiger partial charge in [0.25, 0.3) is 0 Å². The summed E-state index contributed by atoms with van der Waals surface area (Å²) in [7, 11) is -0.971. The SMILES string of the molecule is Bc1ccccc1CP(=O)(OCC)OCC. The van der Waals surface area contributed by atoms with E-state index in [4.69, 9.17) is 9.05 Å². The third-order valence-corrected chi connectivity index (χ3v) is 4.31. The lowest BCUT2D eigenvalue weighted by atomic mass is 9.92. The van der Waals surface area contributed by atoms with E-state index in [9.17, 15) is 4.57 Å². The van der Waals surface area contributed by atoms with E-state index in [1.807, 2.05) is 46.0 Å². The molecule has 1 aromatic rings. The van der Waals surface area contributed by atoms with Gasteiger partial charge < -0.3 is 9.05 Å². The number of hydrogen-bond donors (Lipinski definition) is 0. The Hall–Kier alpha value is -0.565. The summed E-state index contributed by atoms with van der Waals surface area (Å²) in [6.07, 6.45) is 0.349. The van der Waals surface area contributed by atoms with Crippen molar-refractivity contribution in [1.82, 2.24) is 0 Å². The van der Waals surface area contributed by atoms with E-state index in [-0.39, 0.29) is 0 Å². The molecule has 0 aliphatic heterocycles. The zero-order chi connectivity index (χ0) is 12.0. The van der Waals surface area contributed by atoms with Gasteiger partial charge in [0.2, 0.25) is 0 Å². The van der Waals surface area contributed by atoms with Gasteiger partial charge in [-0.1, -0.05) is 29.7 Å². The number of benzene rings is 1. The van der Waals surface area contributed by atoms with Crippen LogP contribution in [0.2, 0.25) is 0 Å². The van der Waals surface area contributed by atoms with E-state index >= 15 is 0 Å². The smallest absolute Gasteiger partial charge is 0.309 e. The zero-order valence-electron chi connectivity index (χ0n) is 10.1. The summed E-state index contributed by atoms with van der Waals surface area (Å²) < 4.78 is 22.8. The van der Waals surface area contributed by atoms with Crippen molar-refractivity contribution in [3.63, 3.8) is 0 Å². The van der Waals surface area contributed by atoms with Crippen molar-refractivity contribution in [1.29, 1.82) is 0 Å². The third kappa shape index (κ3) is 3.78. The molecule has 0 radical (unpaired) electrons. The average molecular weight is 240 g/mol. The molecule has 0 fully saturated rings. The van der Waals surface area contributed by atoms with Gasteiger partial charge in [0.1, 0.15) is 7.85 Å². The van der Waals surface area contributed by atoms with E-state index < -0.39 is 7.60 Å². The molecule has 88 valence electrons. The summed E-state index contributed by atoms with van der Waals surface area (Å²) in [5, 5.41) is 0. The fraction of sp³-hybridized carbons (Fsp3) is 0.455. The van der Waals surface area contributed by atoms with Crippen LogP contribution in [0.15, 0.2) is 24.3 Å². The minimum absolute atomic E-state index is 0.349. The molecule has 1 rings (SSSR count). The van der Waals surface area contributed by atoms with Gasteiger partial charge in [-0.2, -0.15) is 0 Å². The van der Waals surface area contributed by atoms with Crippen molar-refractivity contribution in [3.05, 3.63) is 29.8 Å². The topological polar surface area (TPSA) is 35.5 Å². The van der Waals surface area contributed by atoms with Crippen LogP contribution >= 0.6 is 7.60 Å². The largest absolute Gasteiger partial charge is 0.334 e. The Morgan fingerprint density at radius 3 is 2.25 bits per heavy atom. The Balaban J connectivity index is 2.83. The molecule has 0 atom stereocenters. The number of rotatable bonds is 6. The Bertz CT molecular complexity index is 371. The van der Waals surface area contributed by atoms with Crippen LogP contribution in [0.4, 0.5) is 0 Å². The standard InChI is InChI=1S/C11H18BO3P/c1-3-14-16(13,15-4-2)9-10-7-5-6-8-11(10)12/h5-8H,3-4,9,12H2,1-2H3. The van der Waals surface area contributed by atoms with Crippen LogP contribution < -0.4 is 5.46 Å². The molecule has 0 saturated heterocycles. The van der Waals surface area contributed by atoms with E-state index in [0.717, 1.165) is 11.0 Å². The number of hydrogen-bond acceptors (Lipinski definition) is 3. The lowest BCUT2D eigenvalue weighted by Crippen LogP contribution is -2.11. The first kappa shape index (κ1) is 13.5. The van der Waals surface area contributed by atoms with Gasteiger partial charge in [-0.3, -0.25) is 4.57 Å². The summed E-state index contributed by atoms with van der Waals surface area (Å²) in [6, 6.07) is 7.85. The van der Waals surface area contributed by atoms with Crippen LogP contribution in [0.1, 0.15) is 19.4 Å². The van der Waals surface area contributed by atoms with Crippen molar-refractivity contribution in [3.8, 4) is 0 Å². The fourth-order valence-electron chi connectivity index (χ4n) is 1.52. The minimum Gasteiger partial charge on any atom is -0.309 e. The molecule has 0 bridgehead atoms. The van der Waals surface area contributed by atoms with Gasteiger partial charge in [0.15, 0.2) is 0 Å². The summed E-state index contributed by atoms with van der Waals surface area (Å²) >= 11 is 0. The molecule has 0 amide bonds. The Labute approximate surface area is 98.1 Å². The molecule has 0 aliphatic carbocycles. The van der Waals surface area contributed by atoms with Crippen molar-refractivity contribution >= 4 is 20.9 Å². The Kier molecular flexibility index (Phi) is 5.26. The second-order valence-electron chi connectivity index (χ2n) is 3.53. The highest BCUT2D eigenvalue weighted by atomic mass is 31.2. The van der Waals surface area contributed by atoms with Gasteiger partial charge in [-0.25, -0.2) is 0 Å². The summed E-state index contributed by atoms with van der Waals surface area (Å²) in [6.45, 7) is 4.46. The van der Waals surface area contributed by atoms with Crippen LogP contribution in [-0.4, -0.2) is 21.1 Å². The molecular formula is C11H18BO3P. The van der Waals surface area contributed by atoms with Gasteiger partial charge in [-0.05, 0) is 19.4 Å². The molecule has 16 heavy (non-hydrogen) atoms. The van der Waals surface area contributed by atoms with Crippen molar-refractivity contribution < 1.29 is 13.6 Å². The second kappa shape index (κ2) is 6.24. The van der Waals surface area contributed by atoms with E-state index in [1.54, 1.807) is 0 Å². The van der Waals surface area contributed by atoms with Gasteiger partial charge in [0, 0.05) is 0 Å². The molecule has 0 aliphatic rings. The van der Waals surface area contributed by atoms with Crippen LogP contribution in [0.3, 0.4) is 0 Å². The first-order chi connectivity index (χ1) is 7.61. The molecule has 3 nitrogen and oxygen atoms in total. The Morgan fingerprint density at radius 2 is 1.75 bits per heavy atom. The molecule has 1 aromatic carbocycles. The second-order valence-corrected chi connectivity index (χ2v) is 5.59. The minimum atomic E-state index is -2.97. The zero-order valence-corrected chi connectivity index (χ0v) is 11.0. The van der Waals surface area contributed by atoms with Crippen LogP contribution in [0.5, 0.6) is 0 Å². The van der Waals surface area contributed by atoms with Crippen LogP contribution in [-0.2, 0) is 19.8 Å². The predicted molar refractivity (Wildman–Crippen MR) is 69.2 cm³/mol. The first-order valence-electron chi connectivity index (χ1n) is 5.54. The van der Waals surface area contributed by atoms with Crippen LogP contribution in [0, 0.1) is 0 Å². The summed E-state index contributed by atoms with van der Waals surface area (Å²) in [5.41, 5.74) is 2.13. The Morgan fingerprint density at radius 1 is 1.19 bits per heavy atom. The molecular weight excluding hydrogens is 222 g/mol. The lowest BCUT2D eigenvalue weighted by molar-refractivity contribution is 0.219. The normalized spacial score (nSPS) is 11.6. The van der Waals surface area contributed by atoms with E-state index in [2.05, 4.69) is 0 Å². The molecule has 0 saturated carbocycles. The first-order valence-corrected chi connectivity index (χ1v) is 7.26. The van der Waals surface area contributed by atoms with Gasteiger partial charge >= 0.3 is 7.60 Å². The van der Waals surface area contributed by atoms with Crippen molar-refractivity contribution in [2.45, 2.75) is 20.0 Å². The van der Waals surface area contributed by atoms with Gasteiger partial charge in [-0.15, -0.1) is 0 Å². The highest BCUT2D eigenvalue weighted by Gasteiger charge is 2.24. The highest BCUT2D eigenvalue weighted by Crippen LogP contribution is 2.50.